The smallest absolute Gasteiger partial charge is 0.363 e. The minimum Gasteiger partial charge on any atom is -0.490 e. The Balaban J connectivity index is 1.72. The van der Waals surface area contributed by atoms with E-state index in [0.29, 0.717) is 33.8 Å². The predicted molar refractivity (Wildman–Crippen MR) is 117 cm³/mol. The number of ether oxygens (including phenoxy) is 2. The highest BCUT2D eigenvalue weighted by atomic mass is 35.5. The summed E-state index contributed by atoms with van der Waals surface area (Å²) in [4.78, 5) is 15.0. The van der Waals surface area contributed by atoms with Crippen molar-refractivity contribution in [2.45, 2.75) is 20.5 Å². The van der Waals surface area contributed by atoms with Crippen molar-refractivity contribution in [3.8, 4) is 11.5 Å². The topological polar surface area (TPSA) is 101 Å². The maximum atomic E-state index is 11.3. The fourth-order valence-corrected chi connectivity index (χ4v) is 2.92. The lowest BCUT2D eigenvalue weighted by Crippen LogP contribution is -2.15. The first kappa shape index (κ1) is 21.6. The maximum absolute atomic E-state index is 11.3. The summed E-state index contributed by atoms with van der Waals surface area (Å²) >= 11 is 12.1. The minimum atomic E-state index is -0.556. The first-order chi connectivity index (χ1) is 14.5. The summed E-state index contributed by atoms with van der Waals surface area (Å²) < 4.78 is 11.6. The highest BCUT2D eigenvalue weighted by Crippen LogP contribution is 2.30. The van der Waals surface area contributed by atoms with Crippen molar-refractivity contribution >= 4 is 35.2 Å². The van der Waals surface area contributed by atoms with Crippen molar-refractivity contribution in [1.82, 2.24) is 15.2 Å². The van der Waals surface area contributed by atoms with Crippen molar-refractivity contribution in [2.24, 2.45) is 5.10 Å². The van der Waals surface area contributed by atoms with E-state index in [2.05, 4.69) is 25.7 Å². The van der Waals surface area contributed by atoms with Gasteiger partial charge in [0.25, 0.3) is 0 Å². The summed E-state index contributed by atoms with van der Waals surface area (Å²) in [6.45, 7) is 4.33. The number of aryl methyl sites for hydroxylation is 1. The van der Waals surface area contributed by atoms with Crippen LogP contribution in [0.4, 0.5) is 5.82 Å². The third kappa shape index (κ3) is 5.71. The van der Waals surface area contributed by atoms with Crippen molar-refractivity contribution < 1.29 is 9.47 Å². The molecule has 3 rings (SSSR count). The first-order valence-electron chi connectivity index (χ1n) is 9.02. The van der Waals surface area contributed by atoms with Crippen molar-refractivity contribution in [1.29, 1.82) is 0 Å². The molecule has 0 spiro atoms. The summed E-state index contributed by atoms with van der Waals surface area (Å²) in [7, 11) is 0. The van der Waals surface area contributed by atoms with Gasteiger partial charge in [0.05, 0.1) is 12.8 Å². The number of aromatic nitrogens is 3. The van der Waals surface area contributed by atoms with E-state index in [1.165, 1.54) is 0 Å². The van der Waals surface area contributed by atoms with Gasteiger partial charge in [-0.25, -0.2) is 9.89 Å². The third-order valence-corrected chi connectivity index (χ3v) is 4.51. The molecule has 0 radical (unpaired) electrons. The fourth-order valence-electron chi connectivity index (χ4n) is 2.45. The molecule has 0 aliphatic carbocycles. The molecule has 0 aliphatic heterocycles. The van der Waals surface area contributed by atoms with Gasteiger partial charge in [0, 0.05) is 15.6 Å². The van der Waals surface area contributed by atoms with E-state index in [-0.39, 0.29) is 12.4 Å². The Bertz CT molecular complexity index is 1120. The van der Waals surface area contributed by atoms with E-state index in [4.69, 9.17) is 32.7 Å². The van der Waals surface area contributed by atoms with Gasteiger partial charge in [0.15, 0.2) is 17.3 Å². The summed E-state index contributed by atoms with van der Waals surface area (Å²) in [5.41, 5.74) is 4.24. The quantitative estimate of drug-likeness (QED) is 0.396. The summed E-state index contributed by atoms with van der Waals surface area (Å²) in [5, 5.41) is 11.3. The Morgan fingerprint density at radius 2 is 2.00 bits per heavy atom. The lowest BCUT2D eigenvalue weighted by Gasteiger charge is -2.13. The number of anilines is 1. The molecule has 0 saturated carbocycles. The molecule has 3 aromatic rings. The maximum Gasteiger partial charge on any atom is 0.363 e. The zero-order valence-corrected chi connectivity index (χ0v) is 17.8. The number of nitrogens with one attached hydrogen (secondary N) is 2. The van der Waals surface area contributed by atoms with Crippen molar-refractivity contribution in [2.75, 3.05) is 12.0 Å². The highest BCUT2D eigenvalue weighted by Gasteiger charge is 2.09. The standard InChI is InChI=1S/C20H19Cl2N5O3/c1-3-29-18-8-13(10-23-26-19-12(2)25-27-20(28)24-19)4-7-17(18)30-11-14-5-6-15(21)9-16(14)22/h4-10H,3,11H2,1-2H3,(H2,24,26,27,28)/b23-10+. The van der Waals surface area contributed by atoms with E-state index in [9.17, 15) is 4.79 Å². The number of H-pyrrole nitrogens is 1. The summed E-state index contributed by atoms with van der Waals surface area (Å²) in [6, 6.07) is 10.7. The largest absolute Gasteiger partial charge is 0.490 e. The molecule has 0 amide bonds. The van der Waals surface area contributed by atoms with Crippen LogP contribution in [0.3, 0.4) is 0 Å². The van der Waals surface area contributed by atoms with Crippen molar-refractivity contribution in [3.63, 3.8) is 0 Å². The Labute approximate surface area is 182 Å². The third-order valence-electron chi connectivity index (χ3n) is 3.93. The van der Waals surface area contributed by atoms with Crippen LogP contribution in [0.2, 0.25) is 10.0 Å². The molecular formula is C20H19Cl2N5O3. The normalized spacial score (nSPS) is 10.9. The van der Waals surface area contributed by atoms with Gasteiger partial charge in [-0.15, -0.1) is 0 Å². The number of benzene rings is 2. The zero-order valence-electron chi connectivity index (χ0n) is 16.3. The number of hydrogen-bond donors (Lipinski definition) is 2. The molecule has 0 atom stereocenters. The fraction of sp³-hybridized carbons (Fsp3) is 0.200. The highest BCUT2D eigenvalue weighted by molar-refractivity contribution is 6.35. The van der Waals surface area contributed by atoms with E-state index in [0.717, 1.165) is 11.1 Å². The lowest BCUT2D eigenvalue weighted by molar-refractivity contribution is 0.269. The summed E-state index contributed by atoms with van der Waals surface area (Å²) in [6.07, 6.45) is 1.57. The van der Waals surface area contributed by atoms with Crippen LogP contribution in [0.15, 0.2) is 46.3 Å². The second-order valence-corrected chi connectivity index (χ2v) is 6.95. The van der Waals surface area contributed by atoms with Gasteiger partial charge in [0.1, 0.15) is 12.3 Å². The molecule has 0 unspecified atom stereocenters. The molecule has 156 valence electrons. The number of hydrogen-bond acceptors (Lipinski definition) is 7. The molecule has 0 fully saturated rings. The number of halogens is 2. The van der Waals surface area contributed by atoms with Crippen molar-refractivity contribution in [3.05, 3.63) is 73.7 Å². The van der Waals surface area contributed by atoms with E-state index in [1.54, 1.807) is 37.4 Å². The minimum absolute atomic E-state index is 0.269. The lowest BCUT2D eigenvalue weighted by atomic mass is 10.2. The molecule has 0 bridgehead atoms. The number of nitrogens with zero attached hydrogens (tertiary/aromatic N) is 3. The molecule has 1 heterocycles. The van der Waals surface area contributed by atoms with Gasteiger partial charge in [-0.1, -0.05) is 29.3 Å². The van der Waals surface area contributed by atoms with Gasteiger partial charge in [0.2, 0.25) is 0 Å². The van der Waals surface area contributed by atoms with Crippen LogP contribution in [0.25, 0.3) is 0 Å². The van der Waals surface area contributed by atoms with Gasteiger partial charge < -0.3 is 9.47 Å². The van der Waals surface area contributed by atoms with E-state index >= 15 is 0 Å². The molecule has 2 N–H and O–H groups in total. The first-order valence-corrected chi connectivity index (χ1v) is 9.78. The van der Waals surface area contributed by atoms with Crippen LogP contribution in [-0.2, 0) is 6.61 Å². The Hall–Kier alpha value is -3.10. The molecule has 0 aliphatic rings. The van der Waals surface area contributed by atoms with Crippen LogP contribution in [0, 0.1) is 6.92 Å². The second kappa shape index (κ2) is 10.1. The van der Waals surface area contributed by atoms with Crippen LogP contribution in [-0.4, -0.2) is 28.0 Å². The second-order valence-electron chi connectivity index (χ2n) is 6.11. The molecule has 1 aromatic heterocycles. The average molecular weight is 448 g/mol. The van der Waals surface area contributed by atoms with Crippen LogP contribution in [0.1, 0.15) is 23.7 Å². The number of hydrazone groups is 1. The Morgan fingerprint density at radius 3 is 2.77 bits per heavy atom. The van der Waals surface area contributed by atoms with Crippen LogP contribution in [0.5, 0.6) is 11.5 Å². The molecule has 8 nitrogen and oxygen atoms in total. The van der Waals surface area contributed by atoms with Gasteiger partial charge in [-0.3, -0.25) is 5.43 Å². The molecule has 2 aromatic carbocycles. The van der Waals surface area contributed by atoms with Crippen LogP contribution >= 0.6 is 23.2 Å². The monoisotopic (exact) mass is 447 g/mol. The van der Waals surface area contributed by atoms with Gasteiger partial charge >= 0.3 is 5.69 Å². The van der Waals surface area contributed by atoms with Crippen LogP contribution < -0.4 is 20.6 Å². The van der Waals surface area contributed by atoms with Gasteiger partial charge in [-0.05, 0) is 49.7 Å². The SMILES string of the molecule is CCOc1cc(/C=N/Nc2nc(=O)[nH]nc2C)ccc1OCc1ccc(Cl)cc1Cl. The Morgan fingerprint density at radius 1 is 1.17 bits per heavy atom. The predicted octanol–water partition coefficient (Wildman–Crippen LogP) is 4.20. The zero-order chi connectivity index (χ0) is 21.5. The molecule has 30 heavy (non-hydrogen) atoms. The molecule has 10 heteroatoms. The molecular weight excluding hydrogens is 429 g/mol. The van der Waals surface area contributed by atoms with Gasteiger partial charge in [-0.2, -0.15) is 15.2 Å². The Kier molecular flexibility index (Phi) is 7.26. The summed E-state index contributed by atoms with van der Waals surface area (Å²) in [5.74, 6) is 1.42. The van der Waals surface area contributed by atoms with E-state index < -0.39 is 5.69 Å². The number of aromatic amines is 1. The average Bonchev–Trinajstić information content (AvgIpc) is 2.71. The van der Waals surface area contributed by atoms with E-state index in [1.807, 2.05) is 19.1 Å². The molecule has 0 saturated heterocycles. The number of rotatable bonds is 8.